The van der Waals surface area contributed by atoms with Gasteiger partial charge in [0.15, 0.2) is 5.66 Å². The second-order valence-electron chi connectivity index (χ2n) is 6.00. The summed E-state index contributed by atoms with van der Waals surface area (Å²) in [6.07, 6.45) is 0. The fourth-order valence-corrected chi connectivity index (χ4v) is 1.74. The van der Waals surface area contributed by atoms with Crippen LogP contribution in [0.3, 0.4) is 0 Å². The van der Waals surface area contributed by atoms with Gasteiger partial charge in [0, 0.05) is 5.41 Å². The van der Waals surface area contributed by atoms with E-state index in [4.69, 9.17) is 4.74 Å². The Labute approximate surface area is 99.1 Å². The highest BCUT2D eigenvalue weighted by Gasteiger charge is 2.48. The zero-order valence-electron chi connectivity index (χ0n) is 11.8. The second-order valence-corrected chi connectivity index (χ2v) is 6.00. The maximum absolute atomic E-state index is 12.2. The van der Waals surface area contributed by atoms with Crippen LogP contribution < -0.4 is 10.6 Å². The molecule has 0 unspecified atom stereocenters. The van der Waals surface area contributed by atoms with Gasteiger partial charge < -0.3 is 4.74 Å². The topological polar surface area (TPSA) is 50.4 Å². The number of carbonyl (C=O) groups excluding carboxylic acids is 1. The first kappa shape index (κ1) is 15.4. The molecule has 0 bridgehead atoms. The molecule has 0 saturated heterocycles. The SMILES string of the molecule is CNC(NC)(C(=O)OC(C)(C)C)C(C)(C)C. The van der Waals surface area contributed by atoms with E-state index in [9.17, 15) is 4.79 Å². The van der Waals surface area contributed by atoms with Crippen LogP contribution in [0.1, 0.15) is 41.5 Å². The summed E-state index contributed by atoms with van der Waals surface area (Å²) in [6.45, 7) is 11.6. The van der Waals surface area contributed by atoms with Crippen molar-refractivity contribution in [1.29, 1.82) is 0 Å². The highest BCUT2D eigenvalue weighted by Crippen LogP contribution is 2.30. The molecule has 0 aromatic rings. The molecule has 0 aromatic carbocycles. The fourth-order valence-electron chi connectivity index (χ4n) is 1.74. The number of ether oxygens (including phenoxy) is 1. The van der Waals surface area contributed by atoms with Crippen LogP contribution in [0.4, 0.5) is 0 Å². The van der Waals surface area contributed by atoms with Gasteiger partial charge in [0.1, 0.15) is 5.60 Å². The van der Waals surface area contributed by atoms with Crippen molar-refractivity contribution in [2.24, 2.45) is 5.41 Å². The van der Waals surface area contributed by atoms with Gasteiger partial charge in [-0.25, -0.2) is 4.79 Å². The molecule has 0 rings (SSSR count). The summed E-state index contributed by atoms with van der Waals surface area (Å²) in [4.78, 5) is 12.2. The third-order valence-electron chi connectivity index (χ3n) is 2.58. The summed E-state index contributed by atoms with van der Waals surface area (Å²) in [5.41, 5.74) is -1.65. The summed E-state index contributed by atoms with van der Waals surface area (Å²) in [7, 11) is 3.51. The standard InChI is InChI=1S/C12H26N2O2/c1-10(2,3)12(13-7,14-8)9(15)16-11(4,5)6/h13-14H,1-8H3. The van der Waals surface area contributed by atoms with Gasteiger partial charge in [-0.2, -0.15) is 0 Å². The smallest absolute Gasteiger partial charge is 0.342 e. The summed E-state index contributed by atoms with van der Waals surface area (Å²) in [6, 6.07) is 0. The molecule has 0 spiro atoms. The molecule has 0 aromatic heterocycles. The second kappa shape index (κ2) is 4.72. The van der Waals surface area contributed by atoms with Crippen molar-refractivity contribution in [3.8, 4) is 0 Å². The van der Waals surface area contributed by atoms with Crippen LogP contribution in [0.2, 0.25) is 0 Å². The molecule has 0 radical (unpaired) electrons. The Bertz CT molecular complexity index is 245. The summed E-state index contributed by atoms with van der Waals surface area (Å²) >= 11 is 0. The number of hydrogen-bond donors (Lipinski definition) is 2. The van der Waals surface area contributed by atoms with E-state index in [0.717, 1.165) is 0 Å². The van der Waals surface area contributed by atoms with Crippen LogP contribution in [-0.2, 0) is 9.53 Å². The molecule has 0 heterocycles. The molecular weight excluding hydrogens is 204 g/mol. The maximum atomic E-state index is 12.2. The van der Waals surface area contributed by atoms with Gasteiger partial charge >= 0.3 is 5.97 Å². The number of rotatable bonds is 3. The van der Waals surface area contributed by atoms with E-state index in [1.54, 1.807) is 14.1 Å². The van der Waals surface area contributed by atoms with Crippen molar-refractivity contribution >= 4 is 5.97 Å². The lowest BCUT2D eigenvalue weighted by molar-refractivity contribution is -0.170. The molecule has 4 heteroatoms. The number of esters is 1. The van der Waals surface area contributed by atoms with Gasteiger partial charge in [-0.3, -0.25) is 10.6 Å². The normalized spacial score (nSPS) is 13.8. The van der Waals surface area contributed by atoms with Crippen LogP contribution in [0.15, 0.2) is 0 Å². The fraction of sp³-hybridized carbons (Fsp3) is 0.917. The van der Waals surface area contributed by atoms with E-state index in [2.05, 4.69) is 10.6 Å². The molecule has 4 nitrogen and oxygen atoms in total. The summed E-state index contributed by atoms with van der Waals surface area (Å²) in [5, 5.41) is 6.08. The van der Waals surface area contributed by atoms with Crippen LogP contribution in [0.5, 0.6) is 0 Å². The highest BCUT2D eigenvalue weighted by atomic mass is 16.6. The lowest BCUT2D eigenvalue weighted by atomic mass is 9.80. The summed E-state index contributed by atoms with van der Waals surface area (Å²) < 4.78 is 5.45. The van der Waals surface area contributed by atoms with E-state index in [1.807, 2.05) is 41.5 Å². The van der Waals surface area contributed by atoms with Crippen molar-refractivity contribution in [2.75, 3.05) is 14.1 Å². The first-order valence-corrected chi connectivity index (χ1v) is 5.61. The van der Waals surface area contributed by atoms with Crippen molar-refractivity contribution < 1.29 is 9.53 Å². The molecule has 0 aliphatic rings. The van der Waals surface area contributed by atoms with Crippen LogP contribution in [0.25, 0.3) is 0 Å². The predicted molar refractivity (Wildman–Crippen MR) is 66.2 cm³/mol. The number of likely N-dealkylation sites (N-methyl/N-ethyl adjacent to an activating group) is 2. The van der Waals surface area contributed by atoms with Crippen molar-refractivity contribution in [3.05, 3.63) is 0 Å². The Morgan fingerprint density at radius 3 is 1.50 bits per heavy atom. The third-order valence-corrected chi connectivity index (χ3v) is 2.58. The Morgan fingerprint density at radius 1 is 0.938 bits per heavy atom. The Kier molecular flexibility index (Phi) is 4.54. The first-order valence-electron chi connectivity index (χ1n) is 5.61. The molecule has 0 saturated carbocycles. The molecule has 0 aliphatic carbocycles. The monoisotopic (exact) mass is 230 g/mol. The van der Waals surface area contributed by atoms with Crippen molar-refractivity contribution in [2.45, 2.75) is 52.8 Å². The van der Waals surface area contributed by atoms with Crippen molar-refractivity contribution in [3.63, 3.8) is 0 Å². The molecule has 16 heavy (non-hydrogen) atoms. The number of hydrogen-bond acceptors (Lipinski definition) is 4. The van der Waals surface area contributed by atoms with Crippen LogP contribution in [0, 0.1) is 5.41 Å². The zero-order chi connectivity index (χ0) is 13.2. The Morgan fingerprint density at radius 2 is 1.31 bits per heavy atom. The average Bonchev–Trinajstić information content (AvgIpc) is 2.00. The van der Waals surface area contributed by atoms with E-state index < -0.39 is 11.3 Å². The molecule has 96 valence electrons. The predicted octanol–water partition coefficient (Wildman–Crippen LogP) is 1.51. The first-order chi connectivity index (χ1) is 7.00. The van der Waals surface area contributed by atoms with Gasteiger partial charge in [-0.1, -0.05) is 20.8 Å². The highest BCUT2D eigenvalue weighted by molar-refractivity contribution is 5.81. The third kappa shape index (κ3) is 3.19. The number of nitrogens with one attached hydrogen (secondary N) is 2. The lowest BCUT2D eigenvalue weighted by Gasteiger charge is -2.43. The minimum Gasteiger partial charge on any atom is -0.458 e. The maximum Gasteiger partial charge on any atom is 0.342 e. The average molecular weight is 230 g/mol. The molecule has 0 amide bonds. The lowest BCUT2D eigenvalue weighted by Crippen LogP contribution is -2.68. The molecule has 0 atom stereocenters. The summed E-state index contributed by atoms with van der Waals surface area (Å²) in [5.74, 6) is -0.280. The number of carbonyl (C=O) groups is 1. The minimum absolute atomic E-state index is 0.280. The quantitative estimate of drug-likeness (QED) is 0.570. The van der Waals surface area contributed by atoms with E-state index >= 15 is 0 Å². The van der Waals surface area contributed by atoms with E-state index in [-0.39, 0.29) is 11.4 Å². The van der Waals surface area contributed by atoms with Crippen LogP contribution in [-0.4, -0.2) is 31.3 Å². The van der Waals surface area contributed by atoms with Gasteiger partial charge in [-0.05, 0) is 34.9 Å². The van der Waals surface area contributed by atoms with E-state index in [1.165, 1.54) is 0 Å². The van der Waals surface area contributed by atoms with Gasteiger partial charge in [-0.15, -0.1) is 0 Å². The molecule has 0 fully saturated rings. The van der Waals surface area contributed by atoms with Gasteiger partial charge in [0.05, 0.1) is 0 Å². The molecule has 0 aliphatic heterocycles. The molecule has 2 N–H and O–H groups in total. The Balaban J connectivity index is 5.15. The Hall–Kier alpha value is -0.610. The molecular formula is C12H26N2O2. The van der Waals surface area contributed by atoms with Crippen LogP contribution >= 0.6 is 0 Å². The van der Waals surface area contributed by atoms with E-state index in [0.29, 0.717) is 0 Å². The minimum atomic E-state index is -0.875. The van der Waals surface area contributed by atoms with Crippen molar-refractivity contribution in [1.82, 2.24) is 10.6 Å². The van der Waals surface area contributed by atoms with Gasteiger partial charge in [0.2, 0.25) is 0 Å². The van der Waals surface area contributed by atoms with Gasteiger partial charge in [0.25, 0.3) is 0 Å². The zero-order valence-corrected chi connectivity index (χ0v) is 11.8. The largest absolute Gasteiger partial charge is 0.458 e.